The van der Waals surface area contributed by atoms with Crippen molar-refractivity contribution in [2.24, 2.45) is 17.1 Å². The van der Waals surface area contributed by atoms with Gasteiger partial charge in [-0.05, 0) is 67.7 Å². The number of halogens is 1. The minimum atomic E-state index is 0.0711. The summed E-state index contributed by atoms with van der Waals surface area (Å²) < 4.78 is 0. The number of carbonyl (C=O) groups is 1. The number of amides is 1. The number of hydrogen-bond acceptors (Lipinski definition) is 3. The molecule has 0 aromatic carbocycles. The fraction of sp³-hybridized carbons (Fsp3) is 0.500. The molecule has 5 heteroatoms. The molecule has 0 aliphatic heterocycles. The van der Waals surface area contributed by atoms with Gasteiger partial charge in [0.25, 0.3) is 0 Å². The fourth-order valence-corrected chi connectivity index (χ4v) is 4.33. The van der Waals surface area contributed by atoms with Gasteiger partial charge >= 0.3 is 0 Å². The van der Waals surface area contributed by atoms with Gasteiger partial charge in [-0.1, -0.05) is 29.8 Å². The topological polar surface area (TPSA) is 68.0 Å². The molecule has 134 valence electrons. The lowest BCUT2D eigenvalue weighted by Gasteiger charge is -2.45. The van der Waals surface area contributed by atoms with E-state index in [9.17, 15) is 4.79 Å². The number of nitrogens with two attached hydrogens (primary N) is 1. The maximum absolute atomic E-state index is 12.3. The quantitative estimate of drug-likeness (QED) is 0.847. The molecule has 25 heavy (non-hydrogen) atoms. The van der Waals surface area contributed by atoms with Crippen molar-refractivity contribution in [1.29, 1.82) is 0 Å². The summed E-state index contributed by atoms with van der Waals surface area (Å²) in [7, 11) is 0. The van der Waals surface area contributed by atoms with Crippen molar-refractivity contribution in [2.75, 3.05) is 6.54 Å². The third-order valence-electron chi connectivity index (χ3n) is 5.66. The molecule has 2 aliphatic rings. The first-order valence-electron chi connectivity index (χ1n) is 9.02. The Morgan fingerprint density at radius 2 is 2.20 bits per heavy atom. The van der Waals surface area contributed by atoms with Crippen molar-refractivity contribution in [3.05, 3.63) is 53.4 Å². The highest BCUT2D eigenvalue weighted by Crippen LogP contribution is 2.46. The number of allylic oxidation sites excluding steroid dienone is 4. The number of nitrogens with zero attached hydrogens (tertiary/aromatic N) is 1. The van der Waals surface area contributed by atoms with E-state index in [1.165, 1.54) is 0 Å². The number of rotatable bonds is 5. The number of carbonyl (C=O) groups excluding carboxylic acids is 1. The SMILES string of the molecule is NCC1(C2C=CC=C(Cl)C2)CCC(NC(=O)Cc2cccnc2)CC1. The third-order valence-corrected chi connectivity index (χ3v) is 5.94. The van der Waals surface area contributed by atoms with Crippen molar-refractivity contribution in [3.8, 4) is 0 Å². The molecule has 0 bridgehead atoms. The zero-order valence-corrected chi connectivity index (χ0v) is 15.2. The van der Waals surface area contributed by atoms with Crippen LogP contribution in [0.3, 0.4) is 0 Å². The lowest BCUT2D eigenvalue weighted by Crippen LogP contribution is -2.46. The Hall–Kier alpha value is -1.65. The van der Waals surface area contributed by atoms with Crippen molar-refractivity contribution >= 4 is 17.5 Å². The Morgan fingerprint density at radius 1 is 1.40 bits per heavy atom. The lowest BCUT2D eigenvalue weighted by atomic mass is 9.63. The maximum atomic E-state index is 12.3. The molecular weight excluding hydrogens is 334 g/mol. The molecule has 2 aliphatic carbocycles. The summed E-state index contributed by atoms with van der Waals surface area (Å²) in [5, 5.41) is 4.09. The van der Waals surface area contributed by atoms with Crippen LogP contribution in [0.25, 0.3) is 0 Å². The molecular formula is C20H26ClN3O. The van der Waals surface area contributed by atoms with Crippen LogP contribution < -0.4 is 11.1 Å². The average Bonchev–Trinajstić information content (AvgIpc) is 2.63. The van der Waals surface area contributed by atoms with Crippen molar-refractivity contribution in [1.82, 2.24) is 10.3 Å². The predicted molar refractivity (Wildman–Crippen MR) is 101 cm³/mol. The highest BCUT2D eigenvalue weighted by molar-refractivity contribution is 6.29. The number of hydrogen-bond donors (Lipinski definition) is 2. The molecule has 4 nitrogen and oxygen atoms in total. The second kappa shape index (κ2) is 8.15. The van der Waals surface area contributed by atoms with Crippen molar-refractivity contribution in [3.63, 3.8) is 0 Å². The summed E-state index contributed by atoms with van der Waals surface area (Å²) in [6, 6.07) is 4.03. The monoisotopic (exact) mass is 359 g/mol. The standard InChI is InChI=1S/C20H26ClN3O/c21-17-5-1-4-16(12-17)20(14-22)8-6-18(7-9-20)24-19(25)11-15-3-2-10-23-13-15/h1-5,10,13,16,18H,6-9,11-12,14,22H2,(H,24,25). The summed E-state index contributed by atoms with van der Waals surface area (Å²) in [4.78, 5) is 16.3. The van der Waals surface area contributed by atoms with Crippen LogP contribution in [-0.2, 0) is 11.2 Å². The van der Waals surface area contributed by atoms with Gasteiger partial charge in [0.05, 0.1) is 6.42 Å². The Bertz CT molecular complexity index is 648. The zero-order chi connectivity index (χ0) is 17.7. The Kier molecular flexibility index (Phi) is 5.92. The second-order valence-corrected chi connectivity index (χ2v) is 7.74. The van der Waals surface area contributed by atoms with Gasteiger partial charge in [0.15, 0.2) is 0 Å². The normalized spacial score (nSPS) is 29.1. The molecule has 1 unspecified atom stereocenters. The van der Waals surface area contributed by atoms with Crippen molar-refractivity contribution in [2.45, 2.75) is 44.6 Å². The minimum Gasteiger partial charge on any atom is -0.353 e. The first-order valence-corrected chi connectivity index (χ1v) is 9.40. The van der Waals surface area contributed by atoms with Gasteiger partial charge in [-0.25, -0.2) is 0 Å². The summed E-state index contributed by atoms with van der Waals surface area (Å²) in [6.45, 7) is 0.669. The van der Waals surface area contributed by atoms with Crippen LogP contribution in [0.5, 0.6) is 0 Å². The molecule has 0 spiro atoms. The highest BCUT2D eigenvalue weighted by Gasteiger charge is 2.40. The molecule has 1 aromatic rings. The van der Waals surface area contributed by atoms with E-state index in [1.54, 1.807) is 12.4 Å². The summed E-state index contributed by atoms with van der Waals surface area (Å²) in [5.41, 5.74) is 7.22. The van der Waals surface area contributed by atoms with Gasteiger partial charge in [0.2, 0.25) is 5.91 Å². The van der Waals surface area contributed by atoms with E-state index >= 15 is 0 Å². The van der Waals surface area contributed by atoms with Crippen LogP contribution in [0.4, 0.5) is 0 Å². The first-order chi connectivity index (χ1) is 12.1. The van der Waals surface area contributed by atoms with E-state index in [4.69, 9.17) is 17.3 Å². The van der Waals surface area contributed by atoms with Gasteiger partial charge in [-0.3, -0.25) is 9.78 Å². The first kappa shape index (κ1) is 18.2. The molecule has 1 saturated carbocycles. The molecule has 1 fully saturated rings. The van der Waals surface area contributed by atoms with Gasteiger partial charge in [-0.15, -0.1) is 0 Å². The van der Waals surface area contributed by atoms with Crippen LogP contribution in [0, 0.1) is 11.3 Å². The van der Waals surface area contributed by atoms with E-state index in [-0.39, 0.29) is 17.4 Å². The van der Waals surface area contributed by atoms with E-state index in [0.717, 1.165) is 42.7 Å². The van der Waals surface area contributed by atoms with E-state index in [1.807, 2.05) is 18.2 Å². The number of pyridine rings is 1. The molecule has 3 N–H and O–H groups in total. The van der Waals surface area contributed by atoms with Crippen LogP contribution in [0.1, 0.15) is 37.7 Å². The highest BCUT2D eigenvalue weighted by atomic mass is 35.5. The number of aromatic nitrogens is 1. The number of nitrogens with one attached hydrogen (secondary N) is 1. The smallest absolute Gasteiger partial charge is 0.224 e. The molecule has 0 saturated heterocycles. The lowest BCUT2D eigenvalue weighted by molar-refractivity contribution is -0.121. The second-order valence-electron chi connectivity index (χ2n) is 7.26. The van der Waals surface area contributed by atoms with Gasteiger partial charge in [0.1, 0.15) is 0 Å². The Labute approximate surface area is 154 Å². The van der Waals surface area contributed by atoms with Crippen molar-refractivity contribution < 1.29 is 4.79 Å². The molecule has 1 heterocycles. The van der Waals surface area contributed by atoms with Crippen LogP contribution >= 0.6 is 11.6 Å². The summed E-state index contributed by atoms with van der Waals surface area (Å²) in [5.74, 6) is 0.476. The van der Waals surface area contributed by atoms with Gasteiger partial charge in [0, 0.05) is 23.5 Å². The van der Waals surface area contributed by atoms with Crippen LogP contribution in [0.15, 0.2) is 47.8 Å². The third kappa shape index (κ3) is 4.50. The Morgan fingerprint density at radius 3 is 2.84 bits per heavy atom. The largest absolute Gasteiger partial charge is 0.353 e. The summed E-state index contributed by atoms with van der Waals surface area (Å²) in [6.07, 6.45) is 15.0. The predicted octanol–water partition coefficient (Wildman–Crippen LogP) is 3.33. The molecule has 0 radical (unpaired) electrons. The van der Waals surface area contributed by atoms with Crippen LogP contribution in [-0.4, -0.2) is 23.5 Å². The van der Waals surface area contributed by atoms with Crippen LogP contribution in [0.2, 0.25) is 0 Å². The molecule has 1 aromatic heterocycles. The van der Waals surface area contributed by atoms with E-state index in [0.29, 0.717) is 18.9 Å². The zero-order valence-electron chi connectivity index (χ0n) is 14.5. The van der Waals surface area contributed by atoms with E-state index in [2.05, 4.69) is 22.5 Å². The average molecular weight is 360 g/mol. The minimum absolute atomic E-state index is 0.0711. The molecule has 1 atom stereocenters. The van der Waals surface area contributed by atoms with Gasteiger partial charge in [-0.2, -0.15) is 0 Å². The van der Waals surface area contributed by atoms with E-state index < -0.39 is 0 Å². The maximum Gasteiger partial charge on any atom is 0.224 e. The summed E-state index contributed by atoms with van der Waals surface area (Å²) >= 11 is 6.23. The van der Waals surface area contributed by atoms with Gasteiger partial charge < -0.3 is 11.1 Å². The Balaban J connectivity index is 1.53. The molecule has 1 amide bonds. The fourth-order valence-electron chi connectivity index (χ4n) is 4.09. The molecule has 3 rings (SSSR count).